The molecule has 0 aromatic heterocycles. The average molecular weight is 296 g/mol. The van der Waals surface area contributed by atoms with E-state index in [0.717, 1.165) is 28.5 Å². The number of ether oxygens (including phenoxy) is 1. The first-order chi connectivity index (χ1) is 10.6. The second-order valence-corrected chi connectivity index (χ2v) is 4.59. The van der Waals surface area contributed by atoms with Crippen LogP contribution >= 0.6 is 0 Å². The molecule has 112 valence electrons. The Bertz CT molecular complexity index is 699. The van der Waals surface area contributed by atoms with E-state index in [9.17, 15) is 9.59 Å². The van der Waals surface area contributed by atoms with E-state index in [2.05, 4.69) is 0 Å². The van der Waals surface area contributed by atoms with Gasteiger partial charge in [-0.25, -0.2) is 4.79 Å². The Morgan fingerprint density at radius 2 is 1.82 bits per heavy atom. The second kappa shape index (κ2) is 7.22. The van der Waals surface area contributed by atoms with Crippen LogP contribution in [-0.4, -0.2) is 23.5 Å². The number of aliphatic carboxylic acids is 1. The standard InChI is InChI=1S/C18H16O4/c1-2-22-16-5-3-4-15(12-16)14-9-6-13(7-10-14)8-11-17(19)18(20)21/h3-12H,2H2,1H3,(H,20,21). The molecule has 0 aliphatic rings. The van der Waals surface area contributed by atoms with E-state index in [4.69, 9.17) is 9.84 Å². The van der Waals surface area contributed by atoms with Crippen LogP contribution in [0.2, 0.25) is 0 Å². The highest BCUT2D eigenvalue weighted by Crippen LogP contribution is 2.24. The fraction of sp³-hybridized carbons (Fsp3) is 0.111. The number of hydrogen-bond acceptors (Lipinski definition) is 3. The number of rotatable bonds is 6. The number of carboxylic acid groups (broad SMARTS) is 1. The van der Waals surface area contributed by atoms with Crippen LogP contribution in [0, 0.1) is 0 Å². The van der Waals surface area contributed by atoms with E-state index in [1.54, 1.807) is 0 Å². The molecular formula is C18H16O4. The van der Waals surface area contributed by atoms with E-state index in [1.807, 2.05) is 55.5 Å². The van der Waals surface area contributed by atoms with Crippen LogP contribution in [0.25, 0.3) is 17.2 Å². The lowest BCUT2D eigenvalue weighted by molar-refractivity contribution is -0.146. The molecule has 0 amide bonds. The van der Waals surface area contributed by atoms with Crippen LogP contribution < -0.4 is 4.74 Å². The summed E-state index contributed by atoms with van der Waals surface area (Å²) in [5, 5.41) is 8.51. The van der Waals surface area contributed by atoms with Gasteiger partial charge in [0.05, 0.1) is 6.61 Å². The average Bonchev–Trinajstić information content (AvgIpc) is 2.53. The van der Waals surface area contributed by atoms with Gasteiger partial charge in [-0.3, -0.25) is 4.79 Å². The van der Waals surface area contributed by atoms with Gasteiger partial charge >= 0.3 is 5.97 Å². The summed E-state index contributed by atoms with van der Waals surface area (Å²) in [5.41, 5.74) is 2.81. The van der Waals surface area contributed by atoms with Gasteiger partial charge in [0.15, 0.2) is 0 Å². The van der Waals surface area contributed by atoms with Crippen molar-refractivity contribution >= 4 is 17.8 Å². The minimum Gasteiger partial charge on any atom is -0.494 e. The van der Waals surface area contributed by atoms with Crippen LogP contribution in [0.3, 0.4) is 0 Å². The Morgan fingerprint density at radius 3 is 2.45 bits per heavy atom. The molecule has 2 aromatic carbocycles. The summed E-state index contributed by atoms with van der Waals surface area (Å²) in [5.74, 6) is -1.58. The van der Waals surface area contributed by atoms with Crippen molar-refractivity contribution in [3.8, 4) is 16.9 Å². The van der Waals surface area contributed by atoms with Crippen molar-refractivity contribution in [1.82, 2.24) is 0 Å². The molecule has 0 aliphatic heterocycles. The largest absolute Gasteiger partial charge is 0.494 e. The fourth-order valence-corrected chi connectivity index (χ4v) is 1.96. The van der Waals surface area contributed by atoms with Gasteiger partial charge in [0.25, 0.3) is 5.78 Å². The molecule has 1 N–H and O–H groups in total. The Kier molecular flexibility index (Phi) is 5.09. The van der Waals surface area contributed by atoms with E-state index in [1.165, 1.54) is 6.08 Å². The van der Waals surface area contributed by atoms with Crippen molar-refractivity contribution in [2.75, 3.05) is 6.61 Å². The third-order valence-electron chi connectivity index (χ3n) is 3.03. The maximum atomic E-state index is 11.0. The molecule has 0 unspecified atom stereocenters. The molecule has 0 bridgehead atoms. The number of carbonyl (C=O) groups is 2. The summed E-state index contributed by atoms with van der Waals surface area (Å²) in [6, 6.07) is 15.3. The molecule has 0 radical (unpaired) electrons. The number of hydrogen-bond donors (Lipinski definition) is 1. The van der Waals surface area contributed by atoms with Crippen molar-refractivity contribution in [3.63, 3.8) is 0 Å². The normalized spacial score (nSPS) is 10.6. The summed E-state index contributed by atoms with van der Waals surface area (Å²) in [7, 11) is 0. The number of carboxylic acids is 1. The molecule has 2 rings (SSSR count). The van der Waals surface area contributed by atoms with Crippen molar-refractivity contribution in [1.29, 1.82) is 0 Å². The van der Waals surface area contributed by atoms with Crippen LogP contribution in [0.5, 0.6) is 5.75 Å². The molecule has 0 saturated carbocycles. The first-order valence-corrected chi connectivity index (χ1v) is 6.89. The van der Waals surface area contributed by atoms with Crippen LogP contribution in [0.4, 0.5) is 0 Å². The highest BCUT2D eigenvalue weighted by molar-refractivity contribution is 6.38. The summed E-state index contributed by atoms with van der Waals surface area (Å²) >= 11 is 0. The predicted octanol–water partition coefficient (Wildman–Crippen LogP) is 3.42. The number of benzene rings is 2. The summed E-state index contributed by atoms with van der Waals surface area (Å²) in [6.07, 6.45) is 2.53. The quantitative estimate of drug-likeness (QED) is 0.655. The molecular weight excluding hydrogens is 280 g/mol. The van der Waals surface area contributed by atoms with E-state index < -0.39 is 11.8 Å². The van der Waals surface area contributed by atoms with Crippen molar-refractivity contribution in [3.05, 3.63) is 60.2 Å². The lowest BCUT2D eigenvalue weighted by Gasteiger charge is -2.06. The second-order valence-electron chi connectivity index (χ2n) is 4.59. The van der Waals surface area contributed by atoms with Crippen molar-refractivity contribution in [2.24, 2.45) is 0 Å². The van der Waals surface area contributed by atoms with Gasteiger partial charge < -0.3 is 9.84 Å². The van der Waals surface area contributed by atoms with Crippen LogP contribution in [0.15, 0.2) is 54.6 Å². The molecule has 2 aromatic rings. The lowest BCUT2D eigenvalue weighted by atomic mass is 10.0. The molecule has 0 spiro atoms. The highest BCUT2D eigenvalue weighted by atomic mass is 16.5. The third kappa shape index (κ3) is 4.06. The monoisotopic (exact) mass is 296 g/mol. The molecule has 4 nitrogen and oxygen atoms in total. The zero-order valence-electron chi connectivity index (χ0n) is 12.2. The Balaban J connectivity index is 2.16. The number of carbonyl (C=O) groups excluding carboxylic acids is 1. The summed E-state index contributed by atoms with van der Waals surface area (Å²) in [6.45, 7) is 2.55. The van der Waals surface area contributed by atoms with Gasteiger partial charge in [-0.05, 0) is 41.8 Å². The zero-order chi connectivity index (χ0) is 15.9. The minimum atomic E-state index is -1.46. The maximum absolute atomic E-state index is 11.0. The number of ketones is 1. The fourth-order valence-electron chi connectivity index (χ4n) is 1.96. The van der Waals surface area contributed by atoms with Crippen LogP contribution in [0.1, 0.15) is 12.5 Å². The first-order valence-electron chi connectivity index (χ1n) is 6.89. The van der Waals surface area contributed by atoms with Gasteiger partial charge in [-0.15, -0.1) is 0 Å². The lowest BCUT2D eigenvalue weighted by Crippen LogP contribution is -2.08. The summed E-state index contributed by atoms with van der Waals surface area (Å²) < 4.78 is 5.47. The van der Waals surface area contributed by atoms with E-state index in [0.29, 0.717) is 6.61 Å². The molecule has 0 fully saturated rings. The van der Waals surface area contributed by atoms with Gasteiger partial charge in [-0.1, -0.05) is 42.5 Å². The van der Waals surface area contributed by atoms with Gasteiger partial charge in [-0.2, -0.15) is 0 Å². The minimum absolute atomic E-state index is 0.616. The van der Waals surface area contributed by atoms with Gasteiger partial charge in [0, 0.05) is 0 Å². The Hall–Kier alpha value is -2.88. The molecule has 0 saturated heterocycles. The van der Waals surface area contributed by atoms with Crippen molar-refractivity contribution in [2.45, 2.75) is 6.92 Å². The van der Waals surface area contributed by atoms with E-state index in [-0.39, 0.29) is 0 Å². The van der Waals surface area contributed by atoms with Gasteiger partial charge in [0.2, 0.25) is 0 Å². The van der Waals surface area contributed by atoms with Crippen molar-refractivity contribution < 1.29 is 19.4 Å². The molecule has 0 aliphatic carbocycles. The molecule has 4 heteroatoms. The van der Waals surface area contributed by atoms with Gasteiger partial charge in [0.1, 0.15) is 5.75 Å². The topological polar surface area (TPSA) is 63.6 Å². The zero-order valence-corrected chi connectivity index (χ0v) is 12.2. The maximum Gasteiger partial charge on any atom is 0.376 e. The first kappa shape index (κ1) is 15.5. The molecule has 0 atom stereocenters. The van der Waals surface area contributed by atoms with E-state index >= 15 is 0 Å². The smallest absolute Gasteiger partial charge is 0.376 e. The predicted molar refractivity (Wildman–Crippen MR) is 84.7 cm³/mol. The van der Waals surface area contributed by atoms with Crippen LogP contribution in [-0.2, 0) is 9.59 Å². The Morgan fingerprint density at radius 1 is 1.09 bits per heavy atom. The molecule has 22 heavy (non-hydrogen) atoms. The Labute approximate surface area is 128 Å². The highest BCUT2D eigenvalue weighted by Gasteiger charge is 2.05. The summed E-state index contributed by atoms with van der Waals surface area (Å²) in [4.78, 5) is 21.4. The SMILES string of the molecule is CCOc1cccc(-c2ccc(C=CC(=O)C(=O)O)cc2)c1. The molecule has 0 heterocycles. The third-order valence-corrected chi connectivity index (χ3v) is 3.03.